The summed E-state index contributed by atoms with van der Waals surface area (Å²) in [5.74, 6) is -0.540. The molecule has 268 valence electrons. The van der Waals surface area contributed by atoms with Crippen molar-refractivity contribution in [2.75, 3.05) is 32.0 Å². The number of anilines is 1. The Morgan fingerprint density at radius 2 is 1.90 bits per heavy atom. The standard InChI is InChI=1S/C37H50N2O10/c1-24-16-17-28(40)33-29(47-37(6,7)48-33)14-11-13-26-21-27(22-30(45-23-43-8)32(26)34(41)46-25(24)2)44-20-12-19-39(31-15-9-10-18-38-31)35(42)49-36(3,4)5/h9-11,13,15-18,21-22,24-25,28-29,33,40H,12,14,19-20,23H2,1-8H3/b13-11+,17-16-/t24-,25+,28?,29?,33?/m1/s1. The molecule has 12 heteroatoms. The topological polar surface area (TPSA) is 135 Å². The largest absolute Gasteiger partial charge is 0.493 e. The number of benzene rings is 1. The zero-order valence-corrected chi connectivity index (χ0v) is 29.7. The Balaban J connectivity index is 1.61. The van der Waals surface area contributed by atoms with Crippen LogP contribution in [0, 0.1) is 5.92 Å². The van der Waals surface area contributed by atoms with Crippen LogP contribution in [0.3, 0.4) is 0 Å². The first-order valence-corrected chi connectivity index (χ1v) is 16.6. The van der Waals surface area contributed by atoms with Gasteiger partial charge in [0.05, 0.1) is 12.7 Å². The van der Waals surface area contributed by atoms with Crippen LogP contribution in [0.25, 0.3) is 6.08 Å². The molecule has 5 atom stereocenters. The average Bonchev–Trinajstić information content (AvgIpc) is 3.35. The molecule has 3 heterocycles. The van der Waals surface area contributed by atoms with Crippen molar-refractivity contribution in [2.45, 2.75) is 97.1 Å². The number of ether oxygens (including phenoxy) is 7. The Morgan fingerprint density at radius 3 is 2.59 bits per heavy atom. The van der Waals surface area contributed by atoms with Crippen molar-refractivity contribution < 1.29 is 47.9 Å². The van der Waals surface area contributed by atoms with Crippen LogP contribution >= 0.6 is 0 Å². The molecule has 4 rings (SSSR count). The molecule has 49 heavy (non-hydrogen) atoms. The number of aliphatic hydroxyl groups excluding tert-OH is 1. The summed E-state index contributed by atoms with van der Waals surface area (Å²) in [4.78, 5) is 32.5. The second-order valence-electron chi connectivity index (χ2n) is 13.6. The first-order chi connectivity index (χ1) is 23.2. The lowest BCUT2D eigenvalue weighted by atomic mass is 9.99. The van der Waals surface area contributed by atoms with Crippen LogP contribution in [0.4, 0.5) is 10.6 Å². The third kappa shape index (κ3) is 10.8. The molecule has 1 amide bonds. The van der Waals surface area contributed by atoms with E-state index in [0.717, 1.165) is 0 Å². The van der Waals surface area contributed by atoms with Crippen LogP contribution < -0.4 is 14.4 Å². The summed E-state index contributed by atoms with van der Waals surface area (Å²) in [6.45, 7) is 13.1. The van der Waals surface area contributed by atoms with Crippen LogP contribution in [-0.4, -0.2) is 85.0 Å². The SMILES string of the molecule is COCOc1cc(OCCCN(C(=O)OC(C)(C)C)c2ccccn2)cc2c1C(=O)O[C@@H](C)[C@H](C)/C=C\C(O)C1OC(C)(C)OC1C/C=C/2. The molecule has 1 aromatic carbocycles. The number of aromatic nitrogens is 1. The van der Waals surface area contributed by atoms with Gasteiger partial charge in [0, 0.05) is 31.8 Å². The van der Waals surface area contributed by atoms with Gasteiger partial charge in [0.1, 0.15) is 46.8 Å². The quantitative estimate of drug-likeness (QED) is 0.138. The predicted octanol–water partition coefficient (Wildman–Crippen LogP) is 6.31. The van der Waals surface area contributed by atoms with Crippen LogP contribution in [0.1, 0.15) is 77.2 Å². The number of hydrogen-bond acceptors (Lipinski definition) is 11. The molecule has 1 saturated heterocycles. The lowest BCUT2D eigenvalue weighted by Crippen LogP contribution is -2.38. The van der Waals surface area contributed by atoms with Crippen molar-refractivity contribution in [1.29, 1.82) is 0 Å². The number of aliphatic hydroxyl groups is 1. The zero-order valence-electron chi connectivity index (χ0n) is 29.7. The van der Waals surface area contributed by atoms with E-state index in [1.807, 2.05) is 53.7 Å². The van der Waals surface area contributed by atoms with E-state index < -0.39 is 47.9 Å². The predicted molar refractivity (Wildman–Crippen MR) is 184 cm³/mol. The molecule has 0 aliphatic carbocycles. The maximum absolute atomic E-state index is 13.7. The third-order valence-electron chi connectivity index (χ3n) is 7.85. The summed E-state index contributed by atoms with van der Waals surface area (Å²) >= 11 is 0. The number of carbonyl (C=O) groups is 2. The minimum Gasteiger partial charge on any atom is -0.493 e. The van der Waals surface area contributed by atoms with Gasteiger partial charge in [-0.15, -0.1) is 0 Å². The molecular formula is C37H50N2O10. The Kier molecular flexibility index (Phi) is 12.8. The van der Waals surface area contributed by atoms with Gasteiger partial charge < -0.3 is 38.3 Å². The number of amides is 1. The Morgan fingerprint density at radius 1 is 1.12 bits per heavy atom. The minimum absolute atomic E-state index is 0.113. The molecule has 0 saturated carbocycles. The summed E-state index contributed by atoms with van der Waals surface area (Å²) in [6.07, 6.45) is 6.59. The number of pyridine rings is 1. The summed E-state index contributed by atoms with van der Waals surface area (Å²) in [7, 11) is 1.49. The van der Waals surface area contributed by atoms with E-state index in [0.29, 0.717) is 30.0 Å². The highest BCUT2D eigenvalue weighted by atomic mass is 16.8. The summed E-state index contributed by atoms with van der Waals surface area (Å²) in [5, 5.41) is 11.0. The van der Waals surface area contributed by atoms with Crippen LogP contribution in [-0.2, 0) is 23.7 Å². The summed E-state index contributed by atoms with van der Waals surface area (Å²) < 4.78 is 40.9. The molecule has 2 aromatic rings. The molecule has 3 unspecified atom stereocenters. The number of fused-ring (bicyclic) bond motifs is 2. The summed E-state index contributed by atoms with van der Waals surface area (Å²) in [6, 6.07) is 8.68. The molecule has 1 fully saturated rings. The molecule has 1 N–H and O–H groups in total. The highest BCUT2D eigenvalue weighted by Crippen LogP contribution is 2.35. The number of esters is 1. The van der Waals surface area contributed by atoms with Gasteiger partial charge in [0.2, 0.25) is 0 Å². The van der Waals surface area contributed by atoms with E-state index in [1.54, 1.807) is 55.6 Å². The number of carbonyl (C=O) groups excluding carboxylic acids is 2. The first kappa shape index (κ1) is 37.8. The van der Waals surface area contributed by atoms with Gasteiger partial charge in [-0.1, -0.05) is 37.3 Å². The fourth-order valence-corrected chi connectivity index (χ4v) is 5.38. The molecule has 12 nitrogen and oxygen atoms in total. The van der Waals surface area contributed by atoms with E-state index in [4.69, 9.17) is 33.2 Å². The maximum Gasteiger partial charge on any atom is 0.416 e. The molecular weight excluding hydrogens is 632 g/mol. The molecule has 1 aromatic heterocycles. The fourth-order valence-electron chi connectivity index (χ4n) is 5.38. The smallest absolute Gasteiger partial charge is 0.416 e. The van der Waals surface area contributed by atoms with E-state index in [9.17, 15) is 14.7 Å². The van der Waals surface area contributed by atoms with Gasteiger partial charge in [0.25, 0.3) is 0 Å². The van der Waals surface area contributed by atoms with Crippen molar-refractivity contribution >= 4 is 24.0 Å². The second-order valence-corrected chi connectivity index (χ2v) is 13.6. The van der Waals surface area contributed by atoms with Gasteiger partial charge in [-0.05, 0) is 78.1 Å². The van der Waals surface area contributed by atoms with E-state index in [2.05, 4.69) is 4.98 Å². The van der Waals surface area contributed by atoms with Gasteiger partial charge in [-0.3, -0.25) is 4.90 Å². The number of rotatable bonds is 9. The van der Waals surface area contributed by atoms with Gasteiger partial charge in [-0.2, -0.15) is 0 Å². The molecule has 2 aliphatic heterocycles. The van der Waals surface area contributed by atoms with Gasteiger partial charge in [0.15, 0.2) is 12.6 Å². The summed E-state index contributed by atoms with van der Waals surface area (Å²) in [5.41, 5.74) is 0.0382. The lowest BCUT2D eigenvalue weighted by molar-refractivity contribution is -0.152. The van der Waals surface area contributed by atoms with Crippen LogP contribution in [0.2, 0.25) is 0 Å². The first-order valence-electron chi connectivity index (χ1n) is 16.6. The molecule has 2 aliphatic rings. The van der Waals surface area contributed by atoms with Crippen molar-refractivity contribution in [1.82, 2.24) is 4.98 Å². The lowest BCUT2D eigenvalue weighted by Gasteiger charge is -2.26. The molecule has 0 spiro atoms. The Hall–Kier alpha value is -3.97. The van der Waals surface area contributed by atoms with E-state index in [1.165, 1.54) is 12.0 Å². The number of hydrogen-bond donors (Lipinski definition) is 1. The normalized spacial score (nSPS) is 25.2. The minimum atomic E-state index is -0.918. The highest BCUT2D eigenvalue weighted by Gasteiger charge is 2.43. The number of nitrogens with zero attached hydrogens (tertiary/aromatic N) is 2. The number of methoxy groups -OCH3 is 1. The van der Waals surface area contributed by atoms with Crippen molar-refractivity contribution in [3.8, 4) is 11.5 Å². The maximum atomic E-state index is 13.7. The Bertz CT molecular complexity index is 1470. The Labute approximate surface area is 288 Å². The molecule has 0 bridgehead atoms. The highest BCUT2D eigenvalue weighted by molar-refractivity contribution is 5.97. The van der Waals surface area contributed by atoms with Gasteiger partial charge >= 0.3 is 12.1 Å². The van der Waals surface area contributed by atoms with Crippen LogP contribution in [0.15, 0.2) is 54.8 Å². The van der Waals surface area contributed by atoms with Crippen molar-refractivity contribution in [3.63, 3.8) is 0 Å². The fraction of sp³-hybridized carbons (Fsp3) is 0.541. The third-order valence-corrected chi connectivity index (χ3v) is 7.85. The van der Waals surface area contributed by atoms with Crippen molar-refractivity contribution in [3.05, 3.63) is 65.9 Å². The number of cyclic esters (lactones) is 1. The van der Waals surface area contributed by atoms with Gasteiger partial charge in [-0.25, -0.2) is 14.6 Å². The average molecular weight is 683 g/mol. The monoisotopic (exact) mass is 682 g/mol. The molecule has 0 radical (unpaired) electrons. The zero-order chi connectivity index (χ0) is 35.8. The van der Waals surface area contributed by atoms with Crippen molar-refractivity contribution in [2.24, 2.45) is 5.92 Å². The van der Waals surface area contributed by atoms with E-state index >= 15 is 0 Å². The van der Waals surface area contributed by atoms with Crippen LogP contribution in [0.5, 0.6) is 11.5 Å². The van der Waals surface area contributed by atoms with E-state index in [-0.39, 0.29) is 37.2 Å². The second kappa shape index (κ2) is 16.6.